The molecule has 0 aliphatic heterocycles. The van der Waals surface area contributed by atoms with E-state index in [1.807, 2.05) is 18.2 Å². The molecule has 2 aromatic carbocycles. The lowest BCUT2D eigenvalue weighted by Gasteiger charge is -2.17. The summed E-state index contributed by atoms with van der Waals surface area (Å²) in [4.78, 5) is 0. The van der Waals surface area contributed by atoms with Gasteiger partial charge in [-0.3, -0.25) is 0 Å². The fourth-order valence-electron chi connectivity index (χ4n) is 2.59. The fraction of sp³-hybridized carbons (Fsp3) is 0.211. The molecule has 0 unspecified atom stereocenters. The van der Waals surface area contributed by atoms with E-state index in [2.05, 4.69) is 43.4 Å². The van der Waals surface area contributed by atoms with Crippen molar-refractivity contribution in [3.05, 3.63) is 68.6 Å². The number of hydrogen-bond donors (Lipinski definition) is 1. The molecule has 0 saturated carbocycles. The fourth-order valence-corrected chi connectivity index (χ4v) is 3.37. The molecule has 10 heteroatoms. The zero-order chi connectivity index (χ0) is 20.8. The number of ether oxygens (including phenoxy) is 2. The van der Waals surface area contributed by atoms with Crippen molar-refractivity contribution < 1.29 is 9.47 Å². The Hall–Kier alpha value is -2.29. The van der Waals surface area contributed by atoms with Crippen molar-refractivity contribution in [2.75, 3.05) is 12.4 Å². The molecule has 0 spiro atoms. The standard InChI is InChI=1S/C19H18BrCl2N5O2/c1-3-8-27-19(24-25-26-27)23-10-13-14(20)5-7-17(28-2)18(13)29-11-12-4-6-15(21)16(22)9-12/h3-7,9H,1,8,10-11H2,2H3,(H,23,24,26). The Morgan fingerprint density at radius 1 is 1.24 bits per heavy atom. The number of tetrazole rings is 1. The molecular weight excluding hydrogens is 481 g/mol. The van der Waals surface area contributed by atoms with Gasteiger partial charge in [0.05, 0.1) is 23.7 Å². The average molecular weight is 499 g/mol. The van der Waals surface area contributed by atoms with Crippen LogP contribution in [0.5, 0.6) is 11.5 Å². The Labute approximate surface area is 186 Å². The van der Waals surface area contributed by atoms with Crippen LogP contribution in [0.2, 0.25) is 10.0 Å². The van der Waals surface area contributed by atoms with Gasteiger partial charge in [-0.2, -0.15) is 0 Å². The molecule has 3 aromatic rings. The molecule has 0 radical (unpaired) electrons. The van der Waals surface area contributed by atoms with Gasteiger partial charge in [0.15, 0.2) is 11.5 Å². The summed E-state index contributed by atoms with van der Waals surface area (Å²) in [6.45, 7) is 4.91. The largest absolute Gasteiger partial charge is 0.493 e. The van der Waals surface area contributed by atoms with Crippen molar-refractivity contribution in [2.24, 2.45) is 0 Å². The number of nitrogens with one attached hydrogen (secondary N) is 1. The molecule has 0 amide bonds. The first-order valence-corrected chi connectivity index (χ1v) is 10.1. The lowest BCUT2D eigenvalue weighted by Crippen LogP contribution is -2.10. The number of nitrogens with zero attached hydrogens (tertiary/aromatic N) is 4. The maximum absolute atomic E-state index is 6.10. The molecule has 29 heavy (non-hydrogen) atoms. The van der Waals surface area contributed by atoms with Crippen molar-refractivity contribution in [3.63, 3.8) is 0 Å². The molecule has 1 N–H and O–H groups in total. The number of benzene rings is 2. The SMILES string of the molecule is C=CCn1nnnc1NCc1c(Br)ccc(OC)c1OCc1ccc(Cl)c(Cl)c1. The van der Waals surface area contributed by atoms with Crippen LogP contribution in [0.3, 0.4) is 0 Å². The predicted molar refractivity (Wildman–Crippen MR) is 117 cm³/mol. The number of rotatable bonds is 9. The highest BCUT2D eigenvalue weighted by atomic mass is 79.9. The van der Waals surface area contributed by atoms with Gasteiger partial charge in [-0.05, 0) is 40.3 Å². The monoisotopic (exact) mass is 497 g/mol. The zero-order valence-corrected chi connectivity index (χ0v) is 18.6. The summed E-state index contributed by atoms with van der Waals surface area (Å²) < 4.78 is 14.1. The van der Waals surface area contributed by atoms with E-state index >= 15 is 0 Å². The highest BCUT2D eigenvalue weighted by Crippen LogP contribution is 2.37. The Morgan fingerprint density at radius 2 is 2.07 bits per heavy atom. The van der Waals surface area contributed by atoms with Crippen LogP contribution in [0.4, 0.5) is 5.95 Å². The van der Waals surface area contributed by atoms with Crippen molar-refractivity contribution in [3.8, 4) is 11.5 Å². The second-order valence-electron chi connectivity index (χ2n) is 5.92. The van der Waals surface area contributed by atoms with Crippen LogP contribution in [-0.4, -0.2) is 27.3 Å². The molecule has 3 rings (SSSR count). The van der Waals surface area contributed by atoms with Crippen LogP contribution in [-0.2, 0) is 19.7 Å². The minimum atomic E-state index is 0.297. The van der Waals surface area contributed by atoms with E-state index in [0.717, 1.165) is 15.6 Å². The van der Waals surface area contributed by atoms with Crippen LogP contribution in [0.15, 0.2) is 47.5 Å². The zero-order valence-electron chi connectivity index (χ0n) is 15.5. The Bertz CT molecular complexity index is 1010. The van der Waals surface area contributed by atoms with Crippen molar-refractivity contribution in [1.29, 1.82) is 0 Å². The molecule has 7 nitrogen and oxygen atoms in total. The molecule has 1 heterocycles. The van der Waals surface area contributed by atoms with Gasteiger partial charge in [0.25, 0.3) is 0 Å². The van der Waals surface area contributed by atoms with E-state index in [0.29, 0.717) is 47.2 Å². The quantitative estimate of drug-likeness (QED) is 0.412. The number of halogens is 3. The van der Waals surface area contributed by atoms with Crippen molar-refractivity contribution >= 4 is 45.1 Å². The van der Waals surface area contributed by atoms with E-state index in [1.54, 1.807) is 30.0 Å². The highest BCUT2D eigenvalue weighted by Gasteiger charge is 2.16. The normalized spacial score (nSPS) is 10.6. The van der Waals surface area contributed by atoms with Gasteiger partial charge in [0.1, 0.15) is 6.61 Å². The summed E-state index contributed by atoms with van der Waals surface area (Å²) in [5.41, 5.74) is 1.74. The van der Waals surface area contributed by atoms with E-state index < -0.39 is 0 Å². The van der Waals surface area contributed by atoms with Gasteiger partial charge in [-0.25, -0.2) is 4.68 Å². The van der Waals surface area contributed by atoms with E-state index in [-0.39, 0.29) is 0 Å². The maximum Gasteiger partial charge on any atom is 0.243 e. The summed E-state index contributed by atoms with van der Waals surface area (Å²) in [6.07, 6.45) is 1.72. The Kier molecular flexibility index (Phi) is 7.35. The summed E-state index contributed by atoms with van der Waals surface area (Å²) >= 11 is 15.7. The second kappa shape index (κ2) is 9.96. The summed E-state index contributed by atoms with van der Waals surface area (Å²) in [5.74, 6) is 1.73. The molecular formula is C19H18BrCl2N5O2. The maximum atomic E-state index is 6.10. The first-order valence-electron chi connectivity index (χ1n) is 8.56. The number of allylic oxidation sites excluding steroid dienone is 1. The van der Waals surface area contributed by atoms with Crippen LogP contribution in [0.25, 0.3) is 0 Å². The van der Waals surface area contributed by atoms with Crippen LogP contribution < -0.4 is 14.8 Å². The molecule has 0 atom stereocenters. The minimum Gasteiger partial charge on any atom is -0.493 e. The second-order valence-corrected chi connectivity index (χ2v) is 7.59. The van der Waals surface area contributed by atoms with Gasteiger partial charge in [0.2, 0.25) is 5.95 Å². The average Bonchev–Trinajstić information content (AvgIpc) is 3.15. The number of aromatic nitrogens is 4. The summed E-state index contributed by atoms with van der Waals surface area (Å²) in [5, 5.41) is 15.8. The van der Waals surface area contributed by atoms with Gasteiger partial charge in [-0.1, -0.05) is 56.4 Å². The Morgan fingerprint density at radius 3 is 2.79 bits per heavy atom. The number of hydrogen-bond acceptors (Lipinski definition) is 6. The van der Waals surface area contributed by atoms with Gasteiger partial charge < -0.3 is 14.8 Å². The first kappa shape index (κ1) is 21.4. The lowest BCUT2D eigenvalue weighted by atomic mass is 10.1. The third kappa shape index (κ3) is 5.20. The number of methoxy groups -OCH3 is 1. The van der Waals surface area contributed by atoms with Crippen LogP contribution in [0, 0.1) is 0 Å². The smallest absolute Gasteiger partial charge is 0.243 e. The predicted octanol–water partition coefficient (Wildman–Crippen LogP) is 5.13. The van der Waals surface area contributed by atoms with Gasteiger partial charge in [0, 0.05) is 16.6 Å². The summed E-state index contributed by atoms with van der Waals surface area (Å²) in [7, 11) is 1.59. The topological polar surface area (TPSA) is 74.1 Å². The van der Waals surface area contributed by atoms with Crippen LogP contribution in [0.1, 0.15) is 11.1 Å². The molecule has 152 valence electrons. The Balaban J connectivity index is 1.83. The number of anilines is 1. The first-order chi connectivity index (χ1) is 14.0. The van der Waals surface area contributed by atoms with E-state index in [1.165, 1.54) is 0 Å². The van der Waals surface area contributed by atoms with Crippen molar-refractivity contribution in [1.82, 2.24) is 20.2 Å². The lowest BCUT2D eigenvalue weighted by molar-refractivity contribution is 0.281. The molecule has 1 aromatic heterocycles. The third-order valence-electron chi connectivity index (χ3n) is 4.01. The van der Waals surface area contributed by atoms with E-state index in [4.69, 9.17) is 32.7 Å². The minimum absolute atomic E-state index is 0.297. The molecule has 0 aliphatic rings. The molecule has 0 fully saturated rings. The van der Waals surface area contributed by atoms with Crippen LogP contribution >= 0.6 is 39.1 Å². The van der Waals surface area contributed by atoms with Gasteiger partial charge >= 0.3 is 0 Å². The molecule has 0 aliphatic carbocycles. The molecule has 0 saturated heterocycles. The molecule has 0 bridgehead atoms. The van der Waals surface area contributed by atoms with Gasteiger partial charge in [-0.15, -0.1) is 6.58 Å². The third-order valence-corrected chi connectivity index (χ3v) is 5.49. The summed E-state index contributed by atoms with van der Waals surface area (Å²) in [6, 6.07) is 9.10. The van der Waals surface area contributed by atoms with Crippen molar-refractivity contribution in [2.45, 2.75) is 19.7 Å². The van der Waals surface area contributed by atoms with E-state index in [9.17, 15) is 0 Å². The highest BCUT2D eigenvalue weighted by molar-refractivity contribution is 9.10.